The molecule has 1 aromatic rings. The summed E-state index contributed by atoms with van der Waals surface area (Å²) in [6.07, 6.45) is 0.0700. The molecule has 1 fully saturated rings. The summed E-state index contributed by atoms with van der Waals surface area (Å²) in [6, 6.07) is 7.89. The number of hydrogen-bond donors (Lipinski definition) is 1. The predicted molar refractivity (Wildman–Crippen MR) is 128 cm³/mol. The van der Waals surface area contributed by atoms with E-state index in [0.29, 0.717) is 32.6 Å². The normalized spacial score (nSPS) is 18.2. The molecule has 0 aliphatic carbocycles. The maximum atomic E-state index is 12.6. The minimum atomic E-state index is -0.796. The highest BCUT2D eigenvalue weighted by atomic mass is 16.6. The largest absolute Gasteiger partial charge is 0.467 e. The standard InChI is InChI=1S/C25H39N3O6/c1-24(2,3)34-23(31)28-15-14-27(16-19(28)21(29)32-6)13-12-25(4,5)20(26)22(30)33-17-18-10-8-7-9-11-18/h7-11,19-20H,12-17,26H2,1-6H3/t19-,20-/m1/s1. The van der Waals surface area contributed by atoms with Gasteiger partial charge >= 0.3 is 18.0 Å². The minimum Gasteiger partial charge on any atom is -0.467 e. The van der Waals surface area contributed by atoms with Crippen molar-refractivity contribution in [2.75, 3.05) is 33.3 Å². The lowest BCUT2D eigenvalue weighted by molar-refractivity contribution is -0.149. The Bertz CT molecular complexity index is 837. The number of amides is 1. The Labute approximate surface area is 202 Å². The fraction of sp³-hybridized carbons (Fsp3) is 0.640. The summed E-state index contributed by atoms with van der Waals surface area (Å²) < 4.78 is 15.8. The molecule has 2 atom stereocenters. The maximum absolute atomic E-state index is 12.6. The van der Waals surface area contributed by atoms with E-state index in [1.54, 1.807) is 20.8 Å². The van der Waals surface area contributed by atoms with Crippen molar-refractivity contribution < 1.29 is 28.6 Å². The van der Waals surface area contributed by atoms with Crippen LogP contribution >= 0.6 is 0 Å². The molecule has 1 amide bonds. The first kappa shape index (κ1) is 27.6. The molecule has 1 aliphatic heterocycles. The number of hydrogen-bond acceptors (Lipinski definition) is 8. The SMILES string of the molecule is COC(=O)[C@H]1CN(CCC(C)(C)[C@H](N)C(=O)OCc2ccccc2)CCN1C(=O)OC(C)(C)C. The summed E-state index contributed by atoms with van der Waals surface area (Å²) in [5.74, 6) is -0.938. The number of benzene rings is 1. The van der Waals surface area contributed by atoms with Gasteiger partial charge in [-0.1, -0.05) is 44.2 Å². The Morgan fingerprint density at radius 1 is 1.09 bits per heavy atom. The molecule has 1 aliphatic rings. The highest BCUT2D eigenvalue weighted by molar-refractivity contribution is 5.82. The average Bonchev–Trinajstić information content (AvgIpc) is 2.79. The van der Waals surface area contributed by atoms with Gasteiger partial charge in [0.1, 0.15) is 24.3 Å². The van der Waals surface area contributed by atoms with Crippen LogP contribution in [0.1, 0.15) is 46.6 Å². The molecular weight excluding hydrogens is 438 g/mol. The molecule has 9 nitrogen and oxygen atoms in total. The molecule has 34 heavy (non-hydrogen) atoms. The highest BCUT2D eigenvalue weighted by Crippen LogP contribution is 2.26. The second-order valence-electron chi connectivity index (χ2n) is 10.3. The van der Waals surface area contributed by atoms with Gasteiger partial charge in [-0.15, -0.1) is 0 Å². The zero-order chi connectivity index (χ0) is 25.5. The van der Waals surface area contributed by atoms with Crippen LogP contribution in [0.3, 0.4) is 0 Å². The average molecular weight is 478 g/mol. The van der Waals surface area contributed by atoms with Crippen molar-refractivity contribution in [3.8, 4) is 0 Å². The van der Waals surface area contributed by atoms with Crippen LogP contribution in [0.5, 0.6) is 0 Å². The Morgan fingerprint density at radius 3 is 2.32 bits per heavy atom. The number of carbonyl (C=O) groups is 3. The number of piperazine rings is 1. The van der Waals surface area contributed by atoms with Crippen molar-refractivity contribution in [2.45, 2.75) is 65.3 Å². The van der Waals surface area contributed by atoms with Crippen LogP contribution in [-0.2, 0) is 30.4 Å². The highest BCUT2D eigenvalue weighted by Gasteiger charge is 2.39. The summed E-state index contributed by atoms with van der Waals surface area (Å²) >= 11 is 0. The van der Waals surface area contributed by atoms with Gasteiger partial charge in [-0.05, 0) is 44.7 Å². The van der Waals surface area contributed by atoms with Gasteiger partial charge in [0, 0.05) is 19.6 Å². The summed E-state index contributed by atoms with van der Waals surface area (Å²) in [6.45, 7) is 11.2. The lowest BCUT2D eigenvalue weighted by atomic mass is 9.81. The van der Waals surface area contributed by atoms with Gasteiger partial charge in [-0.25, -0.2) is 9.59 Å². The van der Waals surface area contributed by atoms with Crippen LogP contribution in [0.15, 0.2) is 30.3 Å². The maximum Gasteiger partial charge on any atom is 0.411 e. The second kappa shape index (κ2) is 11.7. The minimum absolute atomic E-state index is 0.177. The summed E-state index contributed by atoms with van der Waals surface area (Å²) in [5.41, 5.74) is 5.96. The Kier molecular flexibility index (Phi) is 9.46. The third kappa shape index (κ3) is 7.99. The van der Waals surface area contributed by atoms with Crippen LogP contribution in [-0.4, -0.2) is 78.8 Å². The Hall–Kier alpha value is -2.65. The molecule has 0 aromatic heterocycles. The molecule has 2 rings (SSSR count). The van der Waals surface area contributed by atoms with Gasteiger partial charge in [0.15, 0.2) is 0 Å². The lowest BCUT2D eigenvalue weighted by Crippen LogP contribution is -2.59. The van der Waals surface area contributed by atoms with Crippen molar-refractivity contribution in [2.24, 2.45) is 11.1 Å². The number of carbonyl (C=O) groups excluding carboxylic acids is 3. The summed E-state index contributed by atoms with van der Waals surface area (Å²) in [5, 5.41) is 0. The van der Waals surface area contributed by atoms with Gasteiger partial charge in [0.25, 0.3) is 0 Å². The molecule has 0 spiro atoms. The molecule has 0 saturated carbocycles. The fourth-order valence-electron chi connectivity index (χ4n) is 3.66. The van der Waals surface area contributed by atoms with Gasteiger partial charge in [0.05, 0.1) is 7.11 Å². The van der Waals surface area contributed by atoms with Crippen molar-refractivity contribution in [1.82, 2.24) is 9.80 Å². The van der Waals surface area contributed by atoms with Crippen molar-refractivity contribution in [3.05, 3.63) is 35.9 Å². The van der Waals surface area contributed by atoms with E-state index in [1.807, 2.05) is 44.2 Å². The van der Waals surface area contributed by atoms with Crippen LogP contribution < -0.4 is 5.73 Å². The number of rotatable bonds is 8. The first-order chi connectivity index (χ1) is 15.8. The van der Waals surface area contributed by atoms with E-state index in [0.717, 1.165) is 5.56 Å². The molecule has 0 radical (unpaired) electrons. The third-order valence-electron chi connectivity index (χ3n) is 5.96. The zero-order valence-electron chi connectivity index (χ0n) is 21.2. The van der Waals surface area contributed by atoms with Crippen molar-refractivity contribution in [3.63, 3.8) is 0 Å². The molecule has 0 unspecified atom stereocenters. The van der Waals surface area contributed by atoms with E-state index in [1.165, 1.54) is 12.0 Å². The molecule has 1 aromatic carbocycles. The van der Waals surface area contributed by atoms with Crippen molar-refractivity contribution >= 4 is 18.0 Å². The van der Waals surface area contributed by atoms with E-state index in [2.05, 4.69) is 4.90 Å². The van der Waals surface area contributed by atoms with Gasteiger partial charge in [0.2, 0.25) is 0 Å². The van der Waals surface area contributed by atoms with E-state index in [-0.39, 0.29) is 6.61 Å². The first-order valence-electron chi connectivity index (χ1n) is 11.6. The molecule has 1 saturated heterocycles. The smallest absolute Gasteiger partial charge is 0.411 e. The zero-order valence-corrected chi connectivity index (χ0v) is 21.2. The van der Waals surface area contributed by atoms with Crippen LogP contribution in [0.2, 0.25) is 0 Å². The second-order valence-corrected chi connectivity index (χ2v) is 10.3. The van der Waals surface area contributed by atoms with E-state index < -0.39 is 41.1 Å². The summed E-state index contributed by atoms with van der Waals surface area (Å²) in [4.78, 5) is 41.1. The number of esters is 2. The summed E-state index contributed by atoms with van der Waals surface area (Å²) in [7, 11) is 1.30. The number of nitrogens with zero attached hydrogens (tertiary/aromatic N) is 2. The topological polar surface area (TPSA) is 111 Å². The van der Waals surface area contributed by atoms with Crippen molar-refractivity contribution in [1.29, 1.82) is 0 Å². The quantitative estimate of drug-likeness (QED) is 0.449. The van der Waals surface area contributed by atoms with E-state index >= 15 is 0 Å². The lowest BCUT2D eigenvalue weighted by Gasteiger charge is -2.41. The van der Waals surface area contributed by atoms with Gasteiger partial charge in [-0.2, -0.15) is 0 Å². The van der Waals surface area contributed by atoms with Gasteiger partial charge < -0.3 is 19.9 Å². The van der Waals surface area contributed by atoms with E-state index in [9.17, 15) is 14.4 Å². The third-order valence-corrected chi connectivity index (χ3v) is 5.96. The first-order valence-corrected chi connectivity index (χ1v) is 11.6. The molecule has 2 N–H and O–H groups in total. The number of ether oxygens (including phenoxy) is 3. The fourth-order valence-corrected chi connectivity index (χ4v) is 3.66. The van der Waals surface area contributed by atoms with Crippen LogP contribution in [0.4, 0.5) is 4.79 Å². The number of nitrogens with two attached hydrogens (primary N) is 1. The predicted octanol–water partition coefficient (Wildman–Crippen LogP) is 2.57. The van der Waals surface area contributed by atoms with Crippen LogP contribution in [0, 0.1) is 5.41 Å². The number of methoxy groups -OCH3 is 1. The monoisotopic (exact) mass is 477 g/mol. The molecule has 0 bridgehead atoms. The Balaban J connectivity index is 1.93. The Morgan fingerprint density at radius 2 is 1.74 bits per heavy atom. The van der Waals surface area contributed by atoms with Gasteiger partial charge in [-0.3, -0.25) is 14.6 Å². The van der Waals surface area contributed by atoms with E-state index in [4.69, 9.17) is 19.9 Å². The molecule has 9 heteroatoms. The molecule has 190 valence electrons. The molecule has 1 heterocycles. The van der Waals surface area contributed by atoms with Crippen LogP contribution in [0.25, 0.3) is 0 Å². The molecular formula is C25H39N3O6.